The zero-order valence-electron chi connectivity index (χ0n) is 7.39. The predicted octanol–water partition coefficient (Wildman–Crippen LogP) is 0.936. The van der Waals surface area contributed by atoms with Crippen LogP contribution in [0.4, 0.5) is 0 Å². The van der Waals surface area contributed by atoms with Crippen molar-refractivity contribution in [3.05, 3.63) is 0 Å². The van der Waals surface area contributed by atoms with Gasteiger partial charge in [-0.2, -0.15) is 0 Å². The monoisotopic (exact) mass is 173 g/mol. The van der Waals surface area contributed by atoms with Crippen LogP contribution >= 0.6 is 0 Å². The number of carbonyl (C=O) groups excluding carboxylic acids is 2. The Balaban J connectivity index is -0.000000115. The second-order valence-corrected chi connectivity index (χ2v) is 1.97. The molecule has 0 aromatic heterocycles. The first-order valence-corrected chi connectivity index (χ1v) is 3.43. The van der Waals surface area contributed by atoms with E-state index in [1.54, 1.807) is 0 Å². The molecule has 4 N–H and O–H groups in total. The van der Waals surface area contributed by atoms with Crippen LogP contribution < -0.4 is 5.73 Å². The summed E-state index contributed by atoms with van der Waals surface area (Å²) in [5.74, 6) is 0. The fourth-order valence-corrected chi connectivity index (χ4v) is 0.455. The summed E-state index contributed by atoms with van der Waals surface area (Å²) in [7, 11) is 0. The summed E-state index contributed by atoms with van der Waals surface area (Å²) in [5, 5.41) is 10.8. The summed E-state index contributed by atoms with van der Waals surface area (Å²) in [6.45, 7) is 4.17. The third kappa shape index (κ3) is 176. The average molecular weight is 173 g/mol. The molecule has 0 radical (unpaired) electrons. The van der Waals surface area contributed by atoms with Crippen LogP contribution in [-0.4, -0.2) is 18.2 Å². The fraction of sp³-hybridized carbons (Fsp3) is 0.714. The lowest BCUT2D eigenvalue weighted by atomic mass is 10.2. The molecule has 0 amide bonds. The van der Waals surface area contributed by atoms with Crippen molar-refractivity contribution in [2.75, 3.05) is 0 Å². The molecule has 5 heteroatoms. The van der Waals surface area contributed by atoms with Crippen LogP contribution in [0.5, 0.6) is 0 Å². The Morgan fingerprint density at radius 3 is 1.58 bits per heavy atom. The molecule has 5 nitrogen and oxygen atoms in total. The van der Waals surface area contributed by atoms with E-state index in [2.05, 4.69) is 6.92 Å². The summed E-state index contributed by atoms with van der Waals surface area (Å²) in [6, 6.07) is 0.398. The van der Waals surface area contributed by atoms with E-state index in [1.807, 2.05) is 6.92 Å². The molecule has 12 heavy (non-hydrogen) atoms. The quantitative estimate of drug-likeness (QED) is 0.427. The van der Waals surface area contributed by atoms with Crippen LogP contribution in [0, 0.1) is 10.8 Å². The zero-order valence-corrected chi connectivity index (χ0v) is 7.39. The number of isocyanates is 2. The summed E-state index contributed by atoms with van der Waals surface area (Å²) < 4.78 is 0. The van der Waals surface area contributed by atoms with Gasteiger partial charge in [-0.05, 0) is 13.3 Å². The molecule has 0 aliphatic carbocycles. The van der Waals surface area contributed by atoms with E-state index in [9.17, 15) is 0 Å². The van der Waals surface area contributed by atoms with Gasteiger partial charge >= 0.3 is 0 Å². The van der Waals surface area contributed by atoms with Gasteiger partial charge < -0.3 is 5.73 Å². The number of nitrogens with one attached hydrogen (secondary N) is 2. The first-order chi connectivity index (χ1) is 5.60. The van der Waals surface area contributed by atoms with E-state index in [-0.39, 0.29) is 0 Å². The van der Waals surface area contributed by atoms with Crippen molar-refractivity contribution < 1.29 is 9.59 Å². The third-order valence-electron chi connectivity index (χ3n) is 0.744. The van der Waals surface area contributed by atoms with Crippen molar-refractivity contribution in [1.29, 1.82) is 10.8 Å². The fourth-order valence-electron chi connectivity index (χ4n) is 0.455. The van der Waals surface area contributed by atoms with Crippen molar-refractivity contribution >= 4 is 12.2 Å². The molecule has 1 atom stereocenters. The van der Waals surface area contributed by atoms with Gasteiger partial charge in [0.1, 0.15) is 0 Å². The largest absolute Gasteiger partial charge is 0.328 e. The van der Waals surface area contributed by atoms with Gasteiger partial charge in [-0.3, -0.25) is 0 Å². The SMILES string of the molecule is CCCC(C)N.N=C=O.N=C=O. The molecular weight excluding hydrogens is 158 g/mol. The lowest BCUT2D eigenvalue weighted by Crippen LogP contribution is -2.13. The molecule has 70 valence electrons. The Morgan fingerprint density at radius 1 is 1.33 bits per heavy atom. The Hall–Kier alpha value is -1.28. The van der Waals surface area contributed by atoms with Crippen LogP contribution in [0.15, 0.2) is 0 Å². The highest BCUT2D eigenvalue weighted by Crippen LogP contribution is 1.88. The lowest BCUT2D eigenvalue weighted by Gasteiger charge is -1.96. The minimum Gasteiger partial charge on any atom is -0.328 e. The Labute approximate surface area is 72.0 Å². The van der Waals surface area contributed by atoms with Gasteiger partial charge in [0, 0.05) is 6.04 Å². The predicted molar refractivity (Wildman–Crippen MR) is 45.4 cm³/mol. The second kappa shape index (κ2) is 22.6. The van der Waals surface area contributed by atoms with Gasteiger partial charge in [-0.15, -0.1) is 0 Å². The Bertz CT molecular complexity index is 122. The van der Waals surface area contributed by atoms with E-state index in [0.29, 0.717) is 6.04 Å². The molecule has 1 unspecified atom stereocenters. The van der Waals surface area contributed by atoms with Crippen LogP contribution in [0.1, 0.15) is 26.7 Å². The highest BCUT2D eigenvalue weighted by Gasteiger charge is 1.85. The molecule has 0 saturated carbocycles. The smallest absolute Gasteiger partial charge is 0.231 e. The van der Waals surface area contributed by atoms with E-state index in [0.717, 1.165) is 18.6 Å². The summed E-state index contributed by atoms with van der Waals surface area (Å²) in [6.07, 6.45) is 3.86. The molecule has 0 spiro atoms. The topological polar surface area (TPSA) is 108 Å². The molecule has 0 saturated heterocycles. The van der Waals surface area contributed by atoms with Gasteiger partial charge in [0.15, 0.2) is 0 Å². The van der Waals surface area contributed by atoms with Gasteiger partial charge in [-0.25, -0.2) is 20.4 Å². The van der Waals surface area contributed by atoms with Crippen molar-refractivity contribution in [1.82, 2.24) is 0 Å². The van der Waals surface area contributed by atoms with Gasteiger partial charge in [0.2, 0.25) is 12.2 Å². The summed E-state index contributed by atoms with van der Waals surface area (Å²) in [5.41, 5.74) is 5.40. The van der Waals surface area contributed by atoms with Crippen molar-refractivity contribution in [3.8, 4) is 0 Å². The maximum absolute atomic E-state index is 8.35. The minimum atomic E-state index is 0.398. The Kier molecular flexibility index (Phi) is 32.0. The van der Waals surface area contributed by atoms with E-state index < -0.39 is 0 Å². The highest BCUT2D eigenvalue weighted by molar-refractivity contribution is 5.26. The number of hydrogen-bond acceptors (Lipinski definition) is 5. The third-order valence-corrected chi connectivity index (χ3v) is 0.744. The standard InChI is InChI=1S/C5H13N.2CHNO/c1-3-4-5(2)6;2*2-1-3/h5H,3-4,6H2,1-2H3;2*2H. The van der Waals surface area contributed by atoms with E-state index in [1.165, 1.54) is 6.42 Å². The molecular formula is C7H15N3O2. The first-order valence-electron chi connectivity index (χ1n) is 3.43. The molecule has 0 aliphatic rings. The minimum absolute atomic E-state index is 0.398. The lowest BCUT2D eigenvalue weighted by molar-refractivity contribution is 0.562. The van der Waals surface area contributed by atoms with Crippen molar-refractivity contribution in [2.45, 2.75) is 32.7 Å². The summed E-state index contributed by atoms with van der Waals surface area (Å²) >= 11 is 0. The summed E-state index contributed by atoms with van der Waals surface area (Å²) in [4.78, 5) is 16.7. The molecule has 0 aromatic carbocycles. The molecule has 0 heterocycles. The average Bonchev–Trinajstić information content (AvgIpc) is 1.89. The van der Waals surface area contributed by atoms with Crippen LogP contribution in [0.25, 0.3) is 0 Å². The molecule has 0 aliphatic heterocycles. The number of hydrogen-bond donors (Lipinski definition) is 3. The maximum atomic E-state index is 8.35. The van der Waals surface area contributed by atoms with Crippen LogP contribution in [0.3, 0.4) is 0 Å². The Morgan fingerprint density at radius 2 is 1.58 bits per heavy atom. The molecule has 0 bridgehead atoms. The maximum Gasteiger partial charge on any atom is 0.231 e. The van der Waals surface area contributed by atoms with Gasteiger partial charge in [0.05, 0.1) is 0 Å². The number of rotatable bonds is 2. The molecule has 0 aromatic rings. The van der Waals surface area contributed by atoms with E-state index >= 15 is 0 Å². The van der Waals surface area contributed by atoms with Crippen molar-refractivity contribution in [2.24, 2.45) is 5.73 Å². The highest BCUT2D eigenvalue weighted by atomic mass is 16.1. The first kappa shape index (κ1) is 17.0. The normalized spacial score (nSPS) is 8.58. The number of nitrogens with two attached hydrogens (primary N) is 1. The van der Waals surface area contributed by atoms with E-state index in [4.69, 9.17) is 26.1 Å². The van der Waals surface area contributed by atoms with Crippen LogP contribution in [-0.2, 0) is 9.59 Å². The molecule has 0 fully saturated rings. The van der Waals surface area contributed by atoms with Gasteiger partial charge in [0.25, 0.3) is 0 Å². The molecule has 0 rings (SSSR count). The second-order valence-electron chi connectivity index (χ2n) is 1.97. The van der Waals surface area contributed by atoms with Crippen LogP contribution in [0.2, 0.25) is 0 Å². The zero-order chi connectivity index (χ0) is 10.4. The van der Waals surface area contributed by atoms with Gasteiger partial charge in [-0.1, -0.05) is 13.3 Å². The van der Waals surface area contributed by atoms with Crippen molar-refractivity contribution in [3.63, 3.8) is 0 Å².